The molecule has 0 saturated carbocycles. The molecule has 1 aromatic heterocycles. The monoisotopic (exact) mass is 174 g/mol. The molecule has 0 aliphatic rings. The molecule has 60 valence electrons. The number of carbonyl (C=O) groups excluding carboxylic acids is 1. The number of rotatable bonds is 2. The highest BCUT2D eigenvalue weighted by Crippen LogP contribution is 2.15. The molecular formula is C4H6N4O2S. The van der Waals surface area contributed by atoms with Crippen molar-refractivity contribution in [2.75, 3.05) is 5.73 Å². The van der Waals surface area contributed by atoms with E-state index in [1.165, 1.54) is 5.51 Å². The molecule has 0 saturated heterocycles. The van der Waals surface area contributed by atoms with Crippen LogP contribution in [0.5, 0.6) is 0 Å². The molecular weight excluding hydrogens is 168 g/mol. The number of nitrogens with two attached hydrogens (primary N) is 2. The Bertz CT molecular complexity index is 260. The molecule has 0 amide bonds. The maximum atomic E-state index is 10.8. The zero-order chi connectivity index (χ0) is 8.27. The number of aromatic nitrogens is 1. The number of nitrogen functional groups attached to an aromatic ring is 1. The maximum Gasteiger partial charge on any atom is 0.379 e. The summed E-state index contributed by atoms with van der Waals surface area (Å²) in [7, 11) is 0. The minimum Gasteiger partial charge on any atom is -0.389 e. The summed E-state index contributed by atoms with van der Waals surface area (Å²) in [5.74, 6) is 4.04. The van der Waals surface area contributed by atoms with Gasteiger partial charge in [0.2, 0.25) is 0 Å². The zero-order valence-corrected chi connectivity index (χ0v) is 6.22. The summed E-state index contributed by atoms with van der Waals surface area (Å²) in [5, 5.41) is 0.310. The summed E-state index contributed by atoms with van der Waals surface area (Å²) in [5.41, 5.74) is 8.62. The van der Waals surface area contributed by atoms with Crippen LogP contribution in [0, 0.1) is 0 Å². The average molecular weight is 174 g/mol. The Morgan fingerprint density at radius 2 is 2.55 bits per heavy atom. The number of hydrazine groups is 1. The molecule has 6 nitrogen and oxygen atoms in total. The van der Waals surface area contributed by atoms with E-state index in [2.05, 4.69) is 9.82 Å². The highest BCUT2D eigenvalue weighted by atomic mass is 32.1. The van der Waals surface area contributed by atoms with Crippen LogP contribution in [0.3, 0.4) is 0 Å². The first-order valence-electron chi connectivity index (χ1n) is 2.61. The Morgan fingerprint density at radius 1 is 1.82 bits per heavy atom. The molecule has 0 aliphatic carbocycles. The van der Waals surface area contributed by atoms with Crippen LogP contribution in [0.1, 0.15) is 10.5 Å². The van der Waals surface area contributed by atoms with Gasteiger partial charge in [-0.05, 0) is 0 Å². The van der Waals surface area contributed by atoms with E-state index in [0.717, 1.165) is 11.3 Å². The lowest BCUT2D eigenvalue weighted by Gasteiger charge is -1.97. The van der Waals surface area contributed by atoms with Gasteiger partial charge in [-0.1, -0.05) is 5.59 Å². The first-order valence-corrected chi connectivity index (χ1v) is 3.49. The average Bonchev–Trinajstić information content (AvgIpc) is 2.36. The molecule has 0 fully saturated rings. The number of hydrogen-bond acceptors (Lipinski definition) is 7. The molecule has 5 N–H and O–H groups in total. The molecule has 0 radical (unpaired) electrons. The van der Waals surface area contributed by atoms with Crippen molar-refractivity contribution in [3.63, 3.8) is 0 Å². The van der Waals surface area contributed by atoms with Crippen LogP contribution in [0.2, 0.25) is 0 Å². The van der Waals surface area contributed by atoms with Gasteiger partial charge in [0, 0.05) is 0 Å². The van der Waals surface area contributed by atoms with Crippen molar-refractivity contribution < 1.29 is 9.63 Å². The Hall–Kier alpha value is -1.18. The second-order valence-electron chi connectivity index (χ2n) is 1.57. The third kappa shape index (κ3) is 1.64. The molecule has 0 aromatic carbocycles. The normalized spacial score (nSPS) is 9.55. The van der Waals surface area contributed by atoms with Crippen LogP contribution in [-0.2, 0) is 4.84 Å². The molecule has 1 heterocycles. The second-order valence-corrected chi connectivity index (χ2v) is 2.46. The lowest BCUT2D eigenvalue weighted by Crippen LogP contribution is -2.26. The van der Waals surface area contributed by atoms with E-state index in [1.807, 2.05) is 0 Å². The van der Waals surface area contributed by atoms with Crippen molar-refractivity contribution in [2.24, 2.45) is 5.84 Å². The first kappa shape index (κ1) is 7.92. The quantitative estimate of drug-likeness (QED) is 0.403. The number of anilines is 1. The molecule has 1 rings (SSSR count). The van der Waals surface area contributed by atoms with E-state index in [1.54, 1.807) is 5.59 Å². The van der Waals surface area contributed by atoms with Crippen LogP contribution in [0.25, 0.3) is 0 Å². The van der Waals surface area contributed by atoms with Gasteiger partial charge in [-0.15, -0.1) is 11.3 Å². The van der Waals surface area contributed by atoms with Gasteiger partial charge in [0.1, 0.15) is 5.00 Å². The lowest BCUT2D eigenvalue weighted by atomic mass is 10.5. The van der Waals surface area contributed by atoms with Crippen LogP contribution in [-0.4, -0.2) is 11.0 Å². The predicted molar refractivity (Wildman–Crippen MR) is 39.3 cm³/mol. The zero-order valence-electron chi connectivity index (χ0n) is 5.40. The Morgan fingerprint density at radius 3 is 3.00 bits per heavy atom. The molecule has 11 heavy (non-hydrogen) atoms. The summed E-state index contributed by atoms with van der Waals surface area (Å²) in [6.45, 7) is 0. The minimum absolute atomic E-state index is 0.0768. The molecule has 0 bridgehead atoms. The van der Waals surface area contributed by atoms with Crippen molar-refractivity contribution >= 4 is 22.3 Å². The molecule has 0 atom stereocenters. The summed E-state index contributed by atoms with van der Waals surface area (Å²) in [6.07, 6.45) is 0. The fraction of sp³-hybridized carbons (Fsp3) is 0. The number of nitrogens with zero attached hydrogens (tertiary/aromatic N) is 1. The van der Waals surface area contributed by atoms with E-state index in [4.69, 9.17) is 11.6 Å². The van der Waals surface area contributed by atoms with E-state index in [0.29, 0.717) is 5.00 Å². The predicted octanol–water partition coefficient (Wildman–Crippen LogP) is -0.740. The molecule has 1 aromatic rings. The number of hydrogen-bond donors (Lipinski definition) is 3. The number of carbonyl (C=O) groups is 1. The fourth-order valence-electron chi connectivity index (χ4n) is 0.510. The topological polar surface area (TPSA) is 103 Å². The van der Waals surface area contributed by atoms with E-state index in [-0.39, 0.29) is 5.69 Å². The lowest BCUT2D eigenvalue weighted by molar-refractivity contribution is 0.0249. The standard InChI is InChI=1S/C4H6N4O2S/c5-3-2(7-1-11-3)4(9)10-8-6/h1,8H,5-6H2. The summed E-state index contributed by atoms with van der Waals surface area (Å²) >= 11 is 1.16. The van der Waals surface area contributed by atoms with Crippen molar-refractivity contribution in [2.45, 2.75) is 0 Å². The first-order chi connectivity index (χ1) is 5.25. The van der Waals surface area contributed by atoms with Crippen molar-refractivity contribution in [1.82, 2.24) is 10.6 Å². The number of thiazole rings is 1. The van der Waals surface area contributed by atoms with Gasteiger partial charge in [-0.25, -0.2) is 15.6 Å². The van der Waals surface area contributed by atoms with Crippen LogP contribution < -0.4 is 17.2 Å². The molecule has 7 heteroatoms. The van der Waals surface area contributed by atoms with Gasteiger partial charge in [-0.2, -0.15) is 0 Å². The largest absolute Gasteiger partial charge is 0.389 e. The van der Waals surface area contributed by atoms with Crippen molar-refractivity contribution in [3.8, 4) is 0 Å². The highest BCUT2D eigenvalue weighted by molar-refractivity contribution is 7.14. The van der Waals surface area contributed by atoms with Crippen LogP contribution >= 0.6 is 11.3 Å². The Balaban J connectivity index is 2.76. The molecule has 0 spiro atoms. The maximum absolute atomic E-state index is 10.8. The van der Waals surface area contributed by atoms with Gasteiger partial charge in [-0.3, -0.25) is 0 Å². The van der Waals surface area contributed by atoms with Gasteiger partial charge in [0.05, 0.1) is 5.51 Å². The summed E-state index contributed by atoms with van der Waals surface area (Å²) in [6, 6.07) is 0. The smallest absolute Gasteiger partial charge is 0.379 e. The van der Waals surface area contributed by atoms with Gasteiger partial charge >= 0.3 is 5.97 Å². The van der Waals surface area contributed by atoms with E-state index in [9.17, 15) is 4.79 Å². The summed E-state index contributed by atoms with van der Waals surface area (Å²) in [4.78, 5) is 18.7. The highest BCUT2D eigenvalue weighted by Gasteiger charge is 2.13. The fourth-order valence-corrected chi connectivity index (χ4v) is 1.03. The van der Waals surface area contributed by atoms with E-state index < -0.39 is 5.97 Å². The van der Waals surface area contributed by atoms with Gasteiger partial charge in [0.25, 0.3) is 0 Å². The third-order valence-corrected chi connectivity index (χ3v) is 1.60. The van der Waals surface area contributed by atoms with Crippen molar-refractivity contribution in [3.05, 3.63) is 11.2 Å². The molecule has 0 aliphatic heterocycles. The van der Waals surface area contributed by atoms with Crippen molar-refractivity contribution in [1.29, 1.82) is 0 Å². The van der Waals surface area contributed by atoms with E-state index >= 15 is 0 Å². The van der Waals surface area contributed by atoms with Crippen LogP contribution in [0.15, 0.2) is 5.51 Å². The Labute approximate surface area is 66.1 Å². The van der Waals surface area contributed by atoms with Gasteiger partial charge in [0.15, 0.2) is 5.69 Å². The molecule has 0 unspecified atom stereocenters. The Kier molecular flexibility index (Phi) is 2.36. The minimum atomic E-state index is -0.689. The second kappa shape index (κ2) is 3.28. The third-order valence-electron chi connectivity index (χ3n) is 0.940. The SMILES string of the molecule is NNOC(=O)c1ncsc1N. The van der Waals surface area contributed by atoms with Gasteiger partial charge < -0.3 is 10.6 Å². The van der Waals surface area contributed by atoms with Crippen LogP contribution in [0.4, 0.5) is 5.00 Å². The number of nitrogens with one attached hydrogen (secondary N) is 1. The summed E-state index contributed by atoms with van der Waals surface area (Å²) < 4.78 is 0.